The van der Waals surface area contributed by atoms with Gasteiger partial charge in [0.05, 0.1) is 5.69 Å². The van der Waals surface area contributed by atoms with Gasteiger partial charge in [0.25, 0.3) is 0 Å². The maximum absolute atomic E-state index is 11.0. The van der Waals surface area contributed by atoms with Crippen LogP contribution in [0.15, 0.2) is 27.4 Å². The summed E-state index contributed by atoms with van der Waals surface area (Å²) in [6.07, 6.45) is 0. The van der Waals surface area contributed by atoms with Gasteiger partial charge in [-0.3, -0.25) is 4.79 Å². The molecule has 0 saturated heterocycles. The van der Waals surface area contributed by atoms with Crippen molar-refractivity contribution in [1.82, 2.24) is 5.32 Å². The van der Waals surface area contributed by atoms with E-state index < -0.39 is 0 Å². The van der Waals surface area contributed by atoms with E-state index in [1.807, 2.05) is 11.4 Å². The highest BCUT2D eigenvalue weighted by atomic mass is 79.9. The third kappa shape index (κ3) is 3.65. The zero-order chi connectivity index (χ0) is 13.0. The van der Waals surface area contributed by atoms with E-state index in [9.17, 15) is 4.79 Å². The predicted octanol–water partition coefficient (Wildman–Crippen LogP) is 3.82. The van der Waals surface area contributed by atoms with Crippen molar-refractivity contribution >= 4 is 50.2 Å². The molecule has 18 heavy (non-hydrogen) atoms. The summed E-state index contributed by atoms with van der Waals surface area (Å²) < 4.78 is 1.15. The quantitative estimate of drug-likeness (QED) is 0.865. The highest BCUT2D eigenvalue weighted by molar-refractivity contribution is 9.10. The third-order valence-corrected chi connectivity index (χ3v) is 5.17. The lowest BCUT2D eigenvalue weighted by Gasteiger charge is -2.06. The van der Waals surface area contributed by atoms with Crippen LogP contribution in [-0.4, -0.2) is 5.91 Å². The fourth-order valence-electron chi connectivity index (χ4n) is 1.52. The normalized spacial score (nSPS) is 10.6. The Balaban J connectivity index is 1.89. The summed E-state index contributed by atoms with van der Waals surface area (Å²) in [5.41, 5.74) is 0.908. The minimum Gasteiger partial charge on any atom is -0.325 e. The molecule has 6 heteroatoms. The number of thiophene rings is 2. The molecule has 0 aliphatic heterocycles. The molecule has 96 valence electrons. The van der Waals surface area contributed by atoms with Crippen molar-refractivity contribution in [3.8, 4) is 0 Å². The summed E-state index contributed by atoms with van der Waals surface area (Å²) >= 11 is 6.88. The van der Waals surface area contributed by atoms with Gasteiger partial charge in [-0.25, -0.2) is 0 Å². The van der Waals surface area contributed by atoms with E-state index in [0.29, 0.717) is 0 Å². The zero-order valence-corrected chi connectivity index (χ0v) is 13.0. The smallest absolute Gasteiger partial charge is 0.221 e. The molecular formula is C12H13BrN2OS2. The van der Waals surface area contributed by atoms with Gasteiger partial charge in [-0.2, -0.15) is 0 Å². The van der Waals surface area contributed by atoms with E-state index in [4.69, 9.17) is 0 Å². The van der Waals surface area contributed by atoms with Crippen LogP contribution in [0.3, 0.4) is 0 Å². The van der Waals surface area contributed by atoms with Gasteiger partial charge in [0.15, 0.2) is 0 Å². The summed E-state index contributed by atoms with van der Waals surface area (Å²) in [4.78, 5) is 13.5. The molecule has 0 aliphatic carbocycles. The standard InChI is InChI=1S/C12H13BrN2OS2/c1-8(16)15-10-3-5-18-12(10)7-14-6-11-9(13)2-4-17-11/h2-5,14H,6-7H2,1H3,(H,15,16). The molecule has 0 bridgehead atoms. The molecule has 2 aromatic rings. The fourth-order valence-corrected chi connectivity index (χ4v) is 3.78. The Morgan fingerprint density at radius 3 is 2.56 bits per heavy atom. The Bertz CT molecular complexity index is 536. The molecule has 0 radical (unpaired) electrons. The van der Waals surface area contributed by atoms with E-state index in [1.165, 1.54) is 11.8 Å². The van der Waals surface area contributed by atoms with E-state index in [0.717, 1.165) is 28.1 Å². The molecule has 0 fully saturated rings. The molecule has 0 aromatic carbocycles. The number of halogens is 1. The van der Waals surface area contributed by atoms with Gasteiger partial charge in [-0.1, -0.05) is 0 Å². The van der Waals surface area contributed by atoms with Crippen molar-refractivity contribution in [2.75, 3.05) is 5.32 Å². The molecule has 0 atom stereocenters. The molecule has 0 aliphatic rings. The van der Waals surface area contributed by atoms with Crippen molar-refractivity contribution in [2.45, 2.75) is 20.0 Å². The molecule has 0 spiro atoms. The molecule has 0 saturated carbocycles. The molecule has 3 nitrogen and oxygen atoms in total. The zero-order valence-electron chi connectivity index (χ0n) is 9.83. The Labute approximate surface area is 122 Å². The number of hydrogen-bond donors (Lipinski definition) is 2. The Hall–Kier alpha value is -0.690. The van der Waals surface area contributed by atoms with Crippen molar-refractivity contribution in [2.24, 2.45) is 0 Å². The topological polar surface area (TPSA) is 41.1 Å². The predicted molar refractivity (Wildman–Crippen MR) is 81.2 cm³/mol. The molecule has 2 rings (SSSR count). The number of rotatable bonds is 5. The number of carbonyl (C=O) groups excluding carboxylic acids is 1. The molecule has 2 N–H and O–H groups in total. The molecular weight excluding hydrogens is 332 g/mol. The van der Waals surface area contributed by atoms with Gasteiger partial charge in [0, 0.05) is 34.2 Å². The van der Waals surface area contributed by atoms with Gasteiger partial charge in [0.1, 0.15) is 0 Å². The van der Waals surface area contributed by atoms with Crippen LogP contribution in [0.25, 0.3) is 0 Å². The Kier molecular flexibility index (Phi) is 4.94. The first-order valence-corrected chi connectivity index (χ1v) is 7.98. The Morgan fingerprint density at radius 2 is 1.89 bits per heavy atom. The van der Waals surface area contributed by atoms with Gasteiger partial charge in [0.2, 0.25) is 5.91 Å². The van der Waals surface area contributed by atoms with Crippen LogP contribution in [0.4, 0.5) is 5.69 Å². The largest absolute Gasteiger partial charge is 0.325 e. The second kappa shape index (κ2) is 6.47. The minimum absolute atomic E-state index is 0.0318. The highest BCUT2D eigenvalue weighted by Crippen LogP contribution is 2.24. The van der Waals surface area contributed by atoms with Crippen LogP contribution in [-0.2, 0) is 17.9 Å². The van der Waals surface area contributed by atoms with Crippen molar-refractivity contribution in [3.05, 3.63) is 37.1 Å². The Morgan fingerprint density at radius 1 is 1.22 bits per heavy atom. The lowest BCUT2D eigenvalue weighted by Crippen LogP contribution is -2.13. The molecule has 2 aromatic heterocycles. The van der Waals surface area contributed by atoms with Crippen LogP contribution in [0.1, 0.15) is 16.7 Å². The first-order valence-electron chi connectivity index (χ1n) is 5.43. The van der Waals surface area contributed by atoms with Crippen molar-refractivity contribution in [3.63, 3.8) is 0 Å². The third-order valence-electron chi connectivity index (χ3n) is 2.32. The van der Waals surface area contributed by atoms with Crippen LogP contribution < -0.4 is 10.6 Å². The van der Waals surface area contributed by atoms with Crippen LogP contribution in [0.5, 0.6) is 0 Å². The van der Waals surface area contributed by atoms with Gasteiger partial charge >= 0.3 is 0 Å². The summed E-state index contributed by atoms with van der Waals surface area (Å²) in [7, 11) is 0. The number of anilines is 1. The number of nitrogens with one attached hydrogen (secondary N) is 2. The van der Waals surface area contributed by atoms with Crippen LogP contribution >= 0.6 is 38.6 Å². The summed E-state index contributed by atoms with van der Waals surface area (Å²) in [5.74, 6) is -0.0318. The van der Waals surface area contributed by atoms with Crippen LogP contribution in [0.2, 0.25) is 0 Å². The lowest BCUT2D eigenvalue weighted by molar-refractivity contribution is -0.114. The minimum atomic E-state index is -0.0318. The fraction of sp³-hybridized carbons (Fsp3) is 0.250. The van der Waals surface area contributed by atoms with Crippen molar-refractivity contribution in [1.29, 1.82) is 0 Å². The summed E-state index contributed by atoms with van der Waals surface area (Å²) in [6.45, 7) is 3.12. The van der Waals surface area contributed by atoms with Crippen LogP contribution in [0, 0.1) is 0 Å². The van der Waals surface area contributed by atoms with E-state index in [2.05, 4.69) is 38.0 Å². The summed E-state index contributed by atoms with van der Waals surface area (Å²) in [5, 5.41) is 10.3. The van der Waals surface area contributed by atoms with Gasteiger partial charge in [-0.05, 0) is 38.8 Å². The molecule has 1 amide bonds. The first-order chi connectivity index (χ1) is 8.66. The number of hydrogen-bond acceptors (Lipinski definition) is 4. The first kappa shape index (κ1) is 13.7. The number of carbonyl (C=O) groups is 1. The van der Waals surface area contributed by atoms with Gasteiger partial charge in [-0.15, -0.1) is 22.7 Å². The van der Waals surface area contributed by atoms with E-state index in [-0.39, 0.29) is 5.91 Å². The highest BCUT2D eigenvalue weighted by Gasteiger charge is 2.06. The van der Waals surface area contributed by atoms with Gasteiger partial charge < -0.3 is 10.6 Å². The molecule has 2 heterocycles. The summed E-state index contributed by atoms with van der Waals surface area (Å²) in [6, 6.07) is 3.99. The maximum Gasteiger partial charge on any atom is 0.221 e. The average molecular weight is 345 g/mol. The number of amides is 1. The van der Waals surface area contributed by atoms with Crippen molar-refractivity contribution < 1.29 is 4.79 Å². The SMILES string of the molecule is CC(=O)Nc1ccsc1CNCc1sccc1Br. The van der Waals surface area contributed by atoms with E-state index >= 15 is 0 Å². The molecule has 0 unspecified atom stereocenters. The lowest BCUT2D eigenvalue weighted by atomic mass is 10.3. The maximum atomic E-state index is 11.0. The second-order valence-corrected chi connectivity index (χ2v) is 6.59. The monoisotopic (exact) mass is 344 g/mol. The second-order valence-electron chi connectivity index (χ2n) is 3.73. The van der Waals surface area contributed by atoms with E-state index in [1.54, 1.807) is 22.7 Å². The average Bonchev–Trinajstić information content (AvgIpc) is 2.89.